The van der Waals surface area contributed by atoms with Crippen LogP contribution in [0.5, 0.6) is 11.5 Å². The van der Waals surface area contributed by atoms with Gasteiger partial charge < -0.3 is 19.9 Å². The second-order valence-corrected chi connectivity index (χ2v) is 6.94. The number of hydrogen-bond donors (Lipinski definition) is 2. The number of benzene rings is 1. The third kappa shape index (κ3) is 4.85. The monoisotopic (exact) mass is 319 g/mol. The fraction of sp³-hybridized carbons (Fsp3) is 0.684. The summed E-state index contributed by atoms with van der Waals surface area (Å²) in [5, 5.41) is 13.6. The molecule has 2 atom stereocenters. The summed E-state index contributed by atoms with van der Waals surface area (Å²) in [5.74, 6) is 1.70. The van der Waals surface area contributed by atoms with Crippen LogP contribution in [0.15, 0.2) is 18.2 Å². The lowest BCUT2D eigenvalue weighted by atomic mass is 9.95. The molecular weight excluding hydrogens is 290 g/mol. The van der Waals surface area contributed by atoms with Crippen LogP contribution in [-0.4, -0.2) is 36.5 Å². The molecule has 1 aliphatic heterocycles. The molecule has 0 amide bonds. The van der Waals surface area contributed by atoms with E-state index in [0.29, 0.717) is 19.2 Å². The number of hydrogen-bond acceptors (Lipinski definition) is 4. The molecule has 1 fully saturated rings. The van der Waals surface area contributed by atoms with E-state index in [2.05, 4.69) is 18.3 Å². The Morgan fingerprint density at radius 1 is 1.26 bits per heavy atom. The van der Waals surface area contributed by atoms with Gasteiger partial charge in [0.25, 0.3) is 0 Å². The summed E-state index contributed by atoms with van der Waals surface area (Å²) in [7, 11) is 0. The summed E-state index contributed by atoms with van der Waals surface area (Å²) in [4.78, 5) is 0. The number of aryl methyl sites for hydroxylation is 1. The Balaban J connectivity index is 1.43. The number of nitrogens with one attached hydrogen (secondary N) is 1. The second-order valence-electron chi connectivity index (χ2n) is 6.94. The van der Waals surface area contributed by atoms with Gasteiger partial charge in [-0.1, -0.05) is 25.3 Å². The minimum absolute atomic E-state index is 0.267. The van der Waals surface area contributed by atoms with Crippen LogP contribution in [0.25, 0.3) is 0 Å². The Morgan fingerprint density at radius 2 is 2.09 bits per heavy atom. The van der Waals surface area contributed by atoms with E-state index in [0.717, 1.165) is 24.3 Å². The van der Waals surface area contributed by atoms with Crippen LogP contribution in [0.3, 0.4) is 0 Å². The molecule has 4 nitrogen and oxygen atoms in total. The number of fused-ring (bicyclic) bond motifs is 1. The van der Waals surface area contributed by atoms with E-state index in [1.54, 1.807) is 0 Å². The summed E-state index contributed by atoms with van der Waals surface area (Å²) in [6.45, 7) is 3.01. The lowest BCUT2D eigenvalue weighted by Crippen LogP contribution is -2.38. The van der Waals surface area contributed by atoms with Crippen molar-refractivity contribution in [2.75, 3.05) is 13.2 Å². The predicted octanol–water partition coefficient (Wildman–Crippen LogP) is 3.06. The van der Waals surface area contributed by atoms with E-state index < -0.39 is 6.10 Å². The van der Waals surface area contributed by atoms with E-state index in [4.69, 9.17) is 9.47 Å². The smallest absolute Gasteiger partial charge is 0.126 e. The molecule has 23 heavy (non-hydrogen) atoms. The molecule has 2 aliphatic rings. The molecule has 4 heteroatoms. The molecule has 1 aromatic rings. The van der Waals surface area contributed by atoms with Crippen molar-refractivity contribution in [3.8, 4) is 11.5 Å². The maximum atomic E-state index is 10.1. The Bertz CT molecular complexity index is 499. The zero-order chi connectivity index (χ0) is 16.1. The van der Waals surface area contributed by atoms with E-state index in [1.165, 1.54) is 37.7 Å². The van der Waals surface area contributed by atoms with Gasteiger partial charge in [0.05, 0.1) is 6.10 Å². The predicted molar refractivity (Wildman–Crippen MR) is 91.2 cm³/mol. The average molecular weight is 319 g/mol. The molecule has 2 N–H and O–H groups in total. The molecule has 0 bridgehead atoms. The number of ether oxygens (including phenoxy) is 2. The van der Waals surface area contributed by atoms with Crippen molar-refractivity contribution in [2.24, 2.45) is 0 Å². The molecular formula is C19H29NO3. The Labute approximate surface area is 139 Å². The SMILES string of the molecule is CC1CCc2ccc(OCC(O)CNC3CCCCC3)cc2O1. The van der Waals surface area contributed by atoms with Crippen molar-refractivity contribution in [3.63, 3.8) is 0 Å². The highest BCUT2D eigenvalue weighted by molar-refractivity contribution is 5.42. The maximum Gasteiger partial charge on any atom is 0.126 e. The zero-order valence-corrected chi connectivity index (χ0v) is 14.1. The first-order chi connectivity index (χ1) is 11.2. The highest BCUT2D eigenvalue weighted by atomic mass is 16.5. The summed E-state index contributed by atoms with van der Waals surface area (Å²) in [6.07, 6.45) is 8.33. The van der Waals surface area contributed by atoms with Crippen LogP contribution in [0.2, 0.25) is 0 Å². The molecule has 0 radical (unpaired) electrons. The van der Waals surface area contributed by atoms with E-state index in [1.807, 2.05) is 12.1 Å². The standard InChI is InChI=1S/C19H29NO3/c1-14-7-8-15-9-10-18(11-19(15)23-14)22-13-17(21)12-20-16-5-3-2-4-6-16/h9-11,14,16-17,20-21H,2-8,12-13H2,1H3. The third-order valence-corrected chi connectivity index (χ3v) is 4.88. The van der Waals surface area contributed by atoms with E-state index in [9.17, 15) is 5.11 Å². The fourth-order valence-corrected chi connectivity index (χ4v) is 3.44. The Kier molecular flexibility index (Phi) is 5.79. The molecule has 1 heterocycles. The topological polar surface area (TPSA) is 50.7 Å². The van der Waals surface area contributed by atoms with Gasteiger partial charge >= 0.3 is 0 Å². The Morgan fingerprint density at radius 3 is 2.91 bits per heavy atom. The van der Waals surface area contributed by atoms with Gasteiger partial charge in [-0.2, -0.15) is 0 Å². The van der Waals surface area contributed by atoms with Crippen molar-refractivity contribution in [1.29, 1.82) is 0 Å². The first kappa shape index (κ1) is 16.6. The largest absolute Gasteiger partial charge is 0.491 e. The van der Waals surface area contributed by atoms with Crippen LogP contribution in [0, 0.1) is 0 Å². The summed E-state index contributed by atoms with van der Waals surface area (Å²) in [5.41, 5.74) is 1.25. The first-order valence-electron chi connectivity index (χ1n) is 9.04. The average Bonchev–Trinajstić information content (AvgIpc) is 2.58. The molecule has 0 aromatic heterocycles. The number of aliphatic hydroxyl groups excluding tert-OH is 1. The van der Waals surface area contributed by atoms with Crippen molar-refractivity contribution in [3.05, 3.63) is 23.8 Å². The zero-order valence-electron chi connectivity index (χ0n) is 14.1. The molecule has 1 saturated carbocycles. The molecule has 2 unspecified atom stereocenters. The maximum absolute atomic E-state index is 10.1. The molecule has 128 valence electrons. The van der Waals surface area contributed by atoms with Gasteiger partial charge in [0, 0.05) is 18.7 Å². The van der Waals surface area contributed by atoms with Crippen LogP contribution in [0.4, 0.5) is 0 Å². The van der Waals surface area contributed by atoms with Gasteiger partial charge in [-0.05, 0) is 44.2 Å². The molecule has 3 rings (SSSR count). The lowest BCUT2D eigenvalue weighted by molar-refractivity contribution is 0.101. The van der Waals surface area contributed by atoms with Crippen LogP contribution < -0.4 is 14.8 Å². The molecule has 0 spiro atoms. The van der Waals surface area contributed by atoms with Gasteiger partial charge in [-0.25, -0.2) is 0 Å². The highest BCUT2D eigenvalue weighted by Crippen LogP contribution is 2.31. The molecule has 1 aromatic carbocycles. The van der Waals surface area contributed by atoms with Crippen molar-refractivity contribution < 1.29 is 14.6 Å². The van der Waals surface area contributed by atoms with Gasteiger partial charge in [0.15, 0.2) is 0 Å². The number of aliphatic hydroxyl groups is 1. The van der Waals surface area contributed by atoms with Crippen LogP contribution in [-0.2, 0) is 6.42 Å². The minimum Gasteiger partial charge on any atom is -0.491 e. The van der Waals surface area contributed by atoms with E-state index in [-0.39, 0.29) is 6.10 Å². The lowest BCUT2D eigenvalue weighted by Gasteiger charge is -2.25. The van der Waals surface area contributed by atoms with E-state index >= 15 is 0 Å². The van der Waals surface area contributed by atoms with Crippen LogP contribution in [0.1, 0.15) is 51.0 Å². The number of rotatable bonds is 6. The van der Waals surface area contributed by atoms with Gasteiger partial charge in [-0.3, -0.25) is 0 Å². The van der Waals surface area contributed by atoms with Crippen molar-refractivity contribution in [1.82, 2.24) is 5.32 Å². The van der Waals surface area contributed by atoms with Crippen LogP contribution >= 0.6 is 0 Å². The Hall–Kier alpha value is -1.26. The first-order valence-corrected chi connectivity index (χ1v) is 9.04. The van der Waals surface area contributed by atoms with Crippen molar-refractivity contribution >= 4 is 0 Å². The third-order valence-electron chi connectivity index (χ3n) is 4.88. The quantitative estimate of drug-likeness (QED) is 0.846. The summed E-state index contributed by atoms with van der Waals surface area (Å²) >= 11 is 0. The normalized spacial score (nSPS) is 23.0. The second kappa shape index (κ2) is 8.02. The minimum atomic E-state index is -0.479. The van der Waals surface area contributed by atoms with Gasteiger partial charge in [-0.15, -0.1) is 0 Å². The van der Waals surface area contributed by atoms with Gasteiger partial charge in [0.1, 0.15) is 24.2 Å². The summed E-state index contributed by atoms with van der Waals surface area (Å²) < 4.78 is 11.6. The molecule has 0 saturated heterocycles. The van der Waals surface area contributed by atoms with Gasteiger partial charge in [0.2, 0.25) is 0 Å². The summed E-state index contributed by atoms with van der Waals surface area (Å²) in [6, 6.07) is 6.56. The van der Waals surface area contributed by atoms with Crippen molar-refractivity contribution in [2.45, 2.75) is 70.1 Å². The fourth-order valence-electron chi connectivity index (χ4n) is 3.44. The molecule has 1 aliphatic carbocycles. The highest BCUT2D eigenvalue weighted by Gasteiger charge is 2.17.